The number of benzene rings is 1. The number of hydrogen-bond donors (Lipinski definition) is 0. The van der Waals surface area contributed by atoms with Crippen LogP contribution in [0.4, 0.5) is 5.69 Å². The largest absolute Gasteiger partial charge is 0.758 e. The molecule has 0 spiro atoms. The molecular formula is C22H25N3O3S. The van der Waals surface area contributed by atoms with E-state index in [-0.39, 0.29) is 34.0 Å². The molecule has 0 aliphatic rings. The number of aryl methyl sites for hydroxylation is 1. The molecule has 2 aromatic rings. The Labute approximate surface area is 176 Å². The number of carbonyl (C=O) groups excluding carboxylic acids is 1. The molecule has 0 amide bonds. The van der Waals surface area contributed by atoms with E-state index in [2.05, 4.69) is 32.3 Å². The van der Waals surface area contributed by atoms with Gasteiger partial charge in [0, 0.05) is 29.3 Å². The van der Waals surface area contributed by atoms with Crippen molar-refractivity contribution < 1.29 is 14.3 Å². The van der Waals surface area contributed by atoms with Crippen LogP contribution in [-0.4, -0.2) is 22.3 Å². The Hall–Kier alpha value is -2.93. The second-order valence-corrected chi connectivity index (χ2v) is 8.20. The first kappa shape index (κ1) is 22.4. The quantitative estimate of drug-likeness (QED) is 0.101. The average Bonchev–Trinajstić information content (AvgIpc) is 2.66. The number of carbonyl (C=O) groups is 1. The second-order valence-electron chi connectivity index (χ2n) is 7.78. The van der Waals surface area contributed by atoms with Crippen LogP contribution in [0.25, 0.3) is 0 Å². The van der Waals surface area contributed by atoms with Crippen molar-refractivity contribution in [3.05, 3.63) is 82.2 Å². The summed E-state index contributed by atoms with van der Waals surface area (Å²) in [6.07, 6.45) is 5.18. The minimum Gasteiger partial charge on any atom is -0.758 e. The zero-order valence-electron chi connectivity index (χ0n) is 17.1. The van der Waals surface area contributed by atoms with E-state index in [0.717, 1.165) is 5.56 Å². The predicted octanol–water partition coefficient (Wildman–Crippen LogP) is 4.04. The van der Waals surface area contributed by atoms with Crippen LogP contribution in [0.15, 0.2) is 60.4 Å². The monoisotopic (exact) mass is 411 g/mol. The lowest BCUT2D eigenvalue weighted by atomic mass is 9.88. The van der Waals surface area contributed by atoms with E-state index in [4.69, 9.17) is 12.6 Å². The zero-order valence-corrected chi connectivity index (χ0v) is 17.9. The van der Waals surface area contributed by atoms with Crippen molar-refractivity contribution in [1.82, 2.24) is 0 Å². The van der Waals surface area contributed by atoms with Crippen LogP contribution in [0.1, 0.15) is 48.3 Å². The van der Waals surface area contributed by atoms with Gasteiger partial charge in [-0.05, 0) is 22.9 Å². The molecule has 6 nitrogen and oxygen atoms in total. The van der Waals surface area contributed by atoms with Gasteiger partial charge in [0.25, 0.3) is 5.69 Å². The van der Waals surface area contributed by atoms with Gasteiger partial charge in [0.15, 0.2) is 12.4 Å². The fourth-order valence-corrected chi connectivity index (χ4v) is 3.15. The van der Waals surface area contributed by atoms with Gasteiger partial charge < -0.3 is 17.6 Å². The summed E-state index contributed by atoms with van der Waals surface area (Å²) in [6, 6.07) is 7.45. The Bertz CT molecular complexity index is 960. The van der Waals surface area contributed by atoms with E-state index < -0.39 is 11.0 Å². The van der Waals surface area contributed by atoms with Gasteiger partial charge in [-0.25, -0.2) is 0 Å². The maximum Gasteiger partial charge on any atom is 0.273 e. The molecule has 0 unspecified atom stereocenters. The molecule has 0 N–H and O–H groups in total. The smallest absolute Gasteiger partial charge is 0.273 e. The number of hydrogen-bond acceptors (Lipinski definition) is 5. The number of nitro benzene ring substituents is 1. The van der Waals surface area contributed by atoms with Crippen LogP contribution >= 0.6 is 0 Å². The summed E-state index contributed by atoms with van der Waals surface area (Å²) in [7, 11) is 0. The van der Waals surface area contributed by atoms with Gasteiger partial charge in [0.1, 0.15) is 0 Å². The minimum atomic E-state index is -0.874. The van der Waals surface area contributed by atoms with Crippen molar-refractivity contribution in [2.24, 2.45) is 4.99 Å². The van der Waals surface area contributed by atoms with Crippen LogP contribution in [0.2, 0.25) is 0 Å². The predicted molar refractivity (Wildman–Crippen MR) is 116 cm³/mol. The molecule has 0 aliphatic heterocycles. The van der Waals surface area contributed by atoms with Gasteiger partial charge in [-0.3, -0.25) is 14.9 Å². The Morgan fingerprint density at radius 2 is 1.93 bits per heavy atom. The fraction of sp³-hybridized carbons (Fsp3) is 0.318. The van der Waals surface area contributed by atoms with E-state index in [0.29, 0.717) is 5.56 Å². The van der Waals surface area contributed by atoms with Crippen molar-refractivity contribution in [2.75, 3.05) is 6.54 Å². The van der Waals surface area contributed by atoms with E-state index in [9.17, 15) is 14.9 Å². The topological polar surface area (TPSA) is 76.4 Å². The number of aliphatic imine (C=N–C) groups is 1. The van der Waals surface area contributed by atoms with Crippen molar-refractivity contribution in [3.63, 3.8) is 0 Å². The van der Waals surface area contributed by atoms with Crippen molar-refractivity contribution in [1.29, 1.82) is 0 Å². The molecule has 0 radical (unpaired) electrons. The number of nitrogens with zero attached hydrogens (tertiary/aromatic N) is 3. The van der Waals surface area contributed by atoms with Gasteiger partial charge in [0.05, 0.1) is 11.5 Å². The third-order valence-corrected chi connectivity index (χ3v) is 4.92. The summed E-state index contributed by atoms with van der Waals surface area (Å²) in [5, 5.41) is 11.5. The summed E-state index contributed by atoms with van der Waals surface area (Å²) < 4.78 is 1.69. The lowest BCUT2D eigenvalue weighted by Gasteiger charge is -2.21. The van der Waals surface area contributed by atoms with E-state index >= 15 is 0 Å². The van der Waals surface area contributed by atoms with Gasteiger partial charge in [0.2, 0.25) is 11.8 Å². The summed E-state index contributed by atoms with van der Waals surface area (Å²) in [5.74, 6) is -0.348. The summed E-state index contributed by atoms with van der Waals surface area (Å²) in [5.41, 5.74) is 1.68. The molecule has 1 aromatic carbocycles. The number of Topliss-reactive ketones (excluding diaryl/α,β-unsaturated/α-hetero) is 1. The first-order valence-corrected chi connectivity index (χ1v) is 9.60. The third kappa shape index (κ3) is 5.32. The number of aromatic nitrogens is 1. The van der Waals surface area contributed by atoms with Crippen molar-refractivity contribution >= 4 is 29.1 Å². The van der Waals surface area contributed by atoms with Crippen molar-refractivity contribution in [2.45, 2.75) is 39.2 Å². The number of pyridine rings is 1. The van der Waals surface area contributed by atoms with Crippen LogP contribution < -0.4 is 4.57 Å². The molecule has 1 atom stereocenters. The number of ketones is 1. The second kappa shape index (κ2) is 9.05. The molecular weight excluding hydrogens is 386 g/mol. The lowest BCUT2D eigenvalue weighted by Crippen LogP contribution is -2.48. The SMILES string of the molecule is C=CCN=C([S-])[C@@H](C(=O)c1ccc(C)c([N+](=O)[O-])c1)[n+]1ccc(C(C)(C)C)cc1. The lowest BCUT2D eigenvalue weighted by molar-refractivity contribution is -0.692. The summed E-state index contributed by atoms with van der Waals surface area (Å²) in [6.45, 7) is 11.9. The first-order chi connectivity index (χ1) is 13.6. The minimum absolute atomic E-state index is 0.0378. The fourth-order valence-electron chi connectivity index (χ4n) is 2.84. The third-order valence-electron chi connectivity index (χ3n) is 4.57. The van der Waals surface area contributed by atoms with Crippen LogP contribution in [0.5, 0.6) is 0 Å². The molecule has 2 rings (SSSR count). The van der Waals surface area contributed by atoms with E-state index in [1.54, 1.807) is 42.1 Å². The molecule has 0 bridgehead atoms. The maximum absolute atomic E-state index is 13.3. The van der Waals surface area contributed by atoms with Gasteiger partial charge in [-0.1, -0.05) is 39.0 Å². The van der Waals surface area contributed by atoms with E-state index in [1.807, 2.05) is 12.1 Å². The Kier molecular flexibility index (Phi) is 6.97. The first-order valence-electron chi connectivity index (χ1n) is 9.19. The summed E-state index contributed by atoms with van der Waals surface area (Å²) in [4.78, 5) is 28.3. The van der Waals surface area contributed by atoms with Gasteiger partial charge in [-0.15, -0.1) is 6.58 Å². The standard InChI is InChI=1S/C22H25N3O3S/c1-6-11-23-21(29)19(24-12-9-17(10-13-24)22(3,4)5)20(26)16-8-7-15(2)18(14-16)25(27)28/h6-10,12-14,19H,1,11H2,2-5H3/t19-/m1/s1. The highest BCUT2D eigenvalue weighted by molar-refractivity contribution is 7.77. The highest BCUT2D eigenvalue weighted by atomic mass is 32.1. The maximum atomic E-state index is 13.3. The van der Waals surface area contributed by atoms with Gasteiger partial charge in [-0.2, -0.15) is 4.57 Å². The molecule has 1 aromatic heterocycles. The molecule has 29 heavy (non-hydrogen) atoms. The molecule has 0 saturated carbocycles. The Morgan fingerprint density at radius 1 is 1.31 bits per heavy atom. The Morgan fingerprint density at radius 3 is 2.45 bits per heavy atom. The van der Waals surface area contributed by atoms with Crippen LogP contribution in [0, 0.1) is 17.0 Å². The van der Waals surface area contributed by atoms with E-state index in [1.165, 1.54) is 6.07 Å². The molecule has 0 fully saturated rings. The highest BCUT2D eigenvalue weighted by Gasteiger charge is 2.30. The molecule has 0 aliphatic carbocycles. The molecule has 1 heterocycles. The van der Waals surface area contributed by atoms with Gasteiger partial charge >= 0.3 is 0 Å². The van der Waals surface area contributed by atoms with Crippen LogP contribution in [-0.2, 0) is 18.0 Å². The molecule has 7 heteroatoms. The average molecular weight is 412 g/mol. The highest BCUT2D eigenvalue weighted by Crippen LogP contribution is 2.23. The summed E-state index contributed by atoms with van der Waals surface area (Å²) >= 11 is 5.43. The number of nitro groups is 1. The van der Waals surface area contributed by atoms with Crippen molar-refractivity contribution in [3.8, 4) is 0 Å². The Balaban J connectivity index is 2.54. The molecule has 0 saturated heterocycles. The molecule has 152 valence electrons. The number of rotatable bonds is 7. The van der Waals surface area contributed by atoms with Crippen LogP contribution in [0.3, 0.4) is 0 Å². The normalized spacial score (nSPS) is 13.0. The zero-order chi connectivity index (χ0) is 21.8.